The molecule has 2 aromatic rings. The Labute approximate surface area is 170 Å². The molecule has 0 unspecified atom stereocenters. The average Bonchev–Trinajstić information content (AvgIpc) is 2.75. The summed E-state index contributed by atoms with van der Waals surface area (Å²) < 4.78 is 37.0. The lowest BCUT2D eigenvalue weighted by molar-refractivity contribution is 0.122. The molecule has 29 heavy (non-hydrogen) atoms. The van der Waals surface area contributed by atoms with Crippen molar-refractivity contribution in [3.8, 4) is 0 Å². The van der Waals surface area contributed by atoms with Gasteiger partial charge < -0.3 is 30.7 Å². The molecule has 0 aliphatic carbocycles. The molecule has 0 amide bonds. The first-order valence-corrected chi connectivity index (χ1v) is 11.1. The van der Waals surface area contributed by atoms with Gasteiger partial charge in [0.25, 0.3) is 0 Å². The molecule has 2 heterocycles. The fourth-order valence-electron chi connectivity index (χ4n) is 3.72. The minimum Gasteiger partial charge on any atom is -0.397 e. The van der Waals surface area contributed by atoms with Crippen LogP contribution < -0.4 is 21.3 Å². The van der Waals surface area contributed by atoms with Crippen molar-refractivity contribution >= 4 is 32.6 Å². The molecular weight excluding hydrogens is 392 g/mol. The molecule has 2 aliphatic rings. The van der Waals surface area contributed by atoms with Crippen molar-refractivity contribution in [2.45, 2.75) is 9.79 Å². The summed E-state index contributed by atoms with van der Waals surface area (Å²) in [5.41, 5.74) is 14.9. The van der Waals surface area contributed by atoms with Crippen molar-refractivity contribution in [1.29, 1.82) is 0 Å². The highest BCUT2D eigenvalue weighted by atomic mass is 32.2. The van der Waals surface area contributed by atoms with E-state index in [0.29, 0.717) is 37.8 Å². The fourth-order valence-corrected chi connectivity index (χ4v) is 5.05. The van der Waals surface area contributed by atoms with Crippen molar-refractivity contribution in [2.24, 2.45) is 0 Å². The number of hydrogen-bond acceptors (Lipinski definition) is 8. The van der Waals surface area contributed by atoms with Crippen LogP contribution in [0.3, 0.4) is 0 Å². The first-order chi connectivity index (χ1) is 14.0. The molecule has 0 radical (unpaired) electrons. The third kappa shape index (κ3) is 3.98. The monoisotopic (exact) mass is 418 g/mol. The zero-order chi connectivity index (χ0) is 20.4. The lowest BCUT2D eigenvalue weighted by atomic mass is 10.2. The second-order valence-corrected chi connectivity index (χ2v) is 9.09. The first kappa shape index (κ1) is 19.8. The summed E-state index contributed by atoms with van der Waals surface area (Å²) in [5.74, 6) is 0. The van der Waals surface area contributed by atoms with Crippen LogP contribution in [-0.2, 0) is 19.3 Å². The maximum atomic E-state index is 13.1. The van der Waals surface area contributed by atoms with Gasteiger partial charge in [-0.05, 0) is 36.4 Å². The van der Waals surface area contributed by atoms with Gasteiger partial charge in [-0.1, -0.05) is 0 Å². The van der Waals surface area contributed by atoms with Crippen LogP contribution in [0.2, 0.25) is 0 Å². The van der Waals surface area contributed by atoms with Gasteiger partial charge in [0.15, 0.2) is 0 Å². The molecule has 0 aromatic heterocycles. The van der Waals surface area contributed by atoms with Gasteiger partial charge in [-0.2, -0.15) is 0 Å². The molecule has 156 valence electrons. The summed E-state index contributed by atoms with van der Waals surface area (Å²) in [6.07, 6.45) is 0. The number of nitrogens with two attached hydrogens (primary N) is 2. The molecule has 0 atom stereocenters. The zero-order valence-corrected chi connectivity index (χ0v) is 17.0. The largest absolute Gasteiger partial charge is 0.397 e. The van der Waals surface area contributed by atoms with Gasteiger partial charge >= 0.3 is 0 Å². The molecule has 0 saturated carbocycles. The van der Waals surface area contributed by atoms with E-state index in [1.165, 1.54) is 12.1 Å². The highest BCUT2D eigenvalue weighted by Gasteiger charge is 2.23. The molecule has 0 spiro atoms. The van der Waals surface area contributed by atoms with Gasteiger partial charge in [0.1, 0.15) is 0 Å². The number of ether oxygens (including phenoxy) is 2. The third-order valence-electron chi connectivity index (χ3n) is 5.32. The van der Waals surface area contributed by atoms with Crippen LogP contribution in [0.1, 0.15) is 0 Å². The number of hydrogen-bond donors (Lipinski definition) is 2. The number of sulfone groups is 1. The van der Waals surface area contributed by atoms with Crippen LogP contribution in [-0.4, -0.2) is 61.0 Å². The second-order valence-electron chi connectivity index (χ2n) is 7.14. The molecule has 2 fully saturated rings. The van der Waals surface area contributed by atoms with E-state index in [-0.39, 0.29) is 9.79 Å². The van der Waals surface area contributed by atoms with Crippen molar-refractivity contribution in [2.75, 3.05) is 73.9 Å². The molecule has 0 bridgehead atoms. The normalized spacial score (nSPS) is 18.1. The predicted molar refractivity (Wildman–Crippen MR) is 113 cm³/mol. The maximum absolute atomic E-state index is 13.1. The number of morpholine rings is 2. The number of anilines is 4. The van der Waals surface area contributed by atoms with Crippen LogP contribution in [0, 0.1) is 0 Å². The lowest BCUT2D eigenvalue weighted by Gasteiger charge is -2.30. The standard InChI is InChI=1S/C20H26N4O4S/c21-17-13-15(1-3-19(17)23-5-9-27-10-6-23)29(25,26)16-2-4-20(18(22)14-16)24-7-11-28-12-8-24/h1-4,13-14H,5-12,21-22H2. The summed E-state index contributed by atoms with van der Waals surface area (Å²) in [7, 11) is -3.73. The zero-order valence-electron chi connectivity index (χ0n) is 16.2. The molecule has 2 aliphatic heterocycles. The fraction of sp³-hybridized carbons (Fsp3) is 0.400. The molecule has 4 N–H and O–H groups in total. The summed E-state index contributed by atoms with van der Waals surface area (Å²) in [6.45, 7) is 5.46. The van der Waals surface area contributed by atoms with Gasteiger partial charge in [-0.15, -0.1) is 0 Å². The smallest absolute Gasteiger partial charge is 0.206 e. The first-order valence-electron chi connectivity index (χ1n) is 9.66. The van der Waals surface area contributed by atoms with Gasteiger partial charge in [-0.3, -0.25) is 0 Å². The number of benzene rings is 2. The molecule has 9 heteroatoms. The molecule has 4 rings (SSSR count). The Balaban J connectivity index is 1.61. The SMILES string of the molecule is Nc1cc(S(=O)(=O)c2ccc(N3CCOCC3)c(N)c2)ccc1N1CCOCC1. The van der Waals surface area contributed by atoms with E-state index in [1.807, 2.05) is 0 Å². The maximum Gasteiger partial charge on any atom is 0.206 e. The van der Waals surface area contributed by atoms with E-state index < -0.39 is 9.84 Å². The van der Waals surface area contributed by atoms with Gasteiger partial charge in [0.2, 0.25) is 9.84 Å². The van der Waals surface area contributed by atoms with Crippen molar-refractivity contribution < 1.29 is 17.9 Å². The second kappa shape index (κ2) is 8.10. The van der Waals surface area contributed by atoms with E-state index in [9.17, 15) is 8.42 Å². The van der Waals surface area contributed by atoms with Crippen LogP contribution >= 0.6 is 0 Å². The Morgan fingerprint density at radius 2 is 1.07 bits per heavy atom. The van der Waals surface area contributed by atoms with E-state index in [1.54, 1.807) is 24.3 Å². The summed E-state index contributed by atoms with van der Waals surface area (Å²) in [5, 5.41) is 0. The van der Waals surface area contributed by atoms with Crippen molar-refractivity contribution in [3.05, 3.63) is 36.4 Å². The lowest BCUT2D eigenvalue weighted by Crippen LogP contribution is -2.36. The molecule has 8 nitrogen and oxygen atoms in total. The average molecular weight is 419 g/mol. The van der Waals surface area contributed by atoms with Crippen LogP contribution in [0.4, 0.5) is 22.7 Å². The quantitative estimate of drug-likeness (QED) is 0.716. The number of nitrogen functional groups attached to an aromatic ring is 2. The minimum absolute atomic E-state index is 0.158. The van der Waals surface area contributed by atoms with Crippen LogP contribution in [0.25, 0.3) is 0 Å². The Hall–Kier alpha value is -2.49. The summed E-state index contributed by atoms with van der Waals surface area (Å²) >= 11 is 0. The van der Waals surface area contributed by atoms with Gasteiger partial charge in [0.05, 0.1) is 59.0 Å². The summed E-state index contributed by atoms with van der Waals surface area (Å²) in [6, 6.07) is 9.77. The van der Waals surface area contributed by atoms with Crippen molar-refractivity contribution in [3.63, 3.8) is 0 Å². The van der Waals surface area contributed by atoms with Crippen LogP contribution in [0.5, 0.6) is 0 Å². The Morgan fingerprint density at radius 1 is 0.690 bits per heavy atom. The number of rotatable bonds is 4. The highest BCUT2D eigenvalue weighted by molar-refractivity contribution is 7.91. The van der Waals surface area contributed by atoms with Crippen LogP contribution in [0.15, 0.2) is 46.2 Å². The van der Waals surface area contributed by atoms with E-state index in [4.69, 9.17) is 20.9 Å². The molecule has 2 saturated heterocycles. The van der Waals surface area contributed by atoms with Crippen molar-refractivity contribution in [1.82, 2.24) is 0 Å². The van der Waals surface area contributed by atoms with Gasteiger partial charge in [-0.25, -0.2) is 8.42 Å². The Bertz CT molecular complexity index is 910. The Morgan fingerprint density at radius 3 is 1.41 bits per heavy atom. The predicted octanol–water partition coefficient (Wildman–Crippen LogP) is 1.36. The van der Waals surface area contributed by atoms with E-state index >= 15 is 0 Å². The summed E-state index contributed by atoms with van der Waals surface area (Å²) in [4.78, 5) is 4.52. The third-order valence-corrected chi connectivity index (χ3v) is 7.07. The molecule has 2 aromatic carbocycles. The number of nitrogens with zero attached hydrogens (tertiary/aromatic N) is 2. The molecular formula is C20H26N4O4S. The van der Waals surface area contributed by atoms with E-state index in [0.717, 1.165) is 37.6 Å². The van der Waals surface area contributed by atoms with Gasteiger partial charge in [0, 0.05) is 26.2 Å². The minimum atomic E-state index is -3.73. The Kier molecular flexibility index (Phi) is 5.53. The topological polar surface area (TPSA) is 111 Å². The highest BCUT2D eigenvalue weighted by Crippen LogP contribution is 2.33. The van der Waals surface area contributed by atoms with E-state index in [2.05, 4.69) is 9.80 Å².